The maximum atomic E-state index is 5.50. The minimum Gasteiger partial charge on any atom is -0.495 e. The van der Waals surface area contributed by atoms with Gasteiger partial charge in [-0.2, -0.15) is 0 Å². The number of rotatable bonds is 3. The second-order valence-electron chi connectivity index (χ2n) is 6.11. The molecule has 5 nitrogen and oxygen atoms in total. The molecule has 2 heterocycles. The Labute approximate surface area is 142 Å². The van der Waals surface area contributed by atoms with Crippen LogP contribution in [-0.2, 0) is 7.05 Å². The van der Waals surface area contributed by atoms with Crippen LogP contribution >= 0.6 is 0 Å². The number of methoxy groups -OCH3 is 1. The highest BCUT2D eigenvalue weighted by atomic mass is 16.5. The Morgan fingerprint density at radius 2 is 1.54 bits per heavy atom. The number of benzene rings is 2. The fourth-order valence-corrected chi connectivity index (χ4v) is 3.45. The van der Waals surface area contributed by atoms with Gasteiger partial charge in [-0.15, -0.1) is 0 Å². The Balaban J connectivity index is 1.54. The summed E-state index contributed by atoms with van der Waals surface area (Å²) in [5, 5.41) is 0. The topological polar surface area (TPSA) is 33.5 Å². The Bertz CT molecular complexity index is 849. The number of piperazine rings is 1. The first-order valence-corrected chi connectivity index (χ1v) is 8.32. The Hall–Kier alpha value is -2.69. The molecule has 0 aliphatic carbocycles. The van der Waals surface area contributed by atoms with Gasteiger partial charge < -0.3 is 19.1 Å². The third-order valence-electron chi connectivity index (χ3n) is 4.75. The van der Waals surface area contributed by atoms with Gasteiger partial charge in [-0.1, -0.05) is 24.3 Å². The third-order valence-corrected chi connectivity index (χ3v) is 4.75. The molecular formula is C19H22N4O. The van der Waals surface area contributed by atoms with Crippen LogP contribution in [0.15, 0.2) is 48.5 Å². The molecule has 1 aliphatic rings. The quantitative estimate of drug-likeness (QED) is 0.742. The summed E-state index contributed by atoms with van der Waals surface area (Å²) >= 11 is 0. The van der Waals surface area contributed by atoms with Crippen LogP contribution in [0.1, 0.15) is 0 Å². The maximum absolute atomic E-state index is 5.50. The lowest BCUT2D eigenvalue weighted by Crippen LogP contribution is -2.47. The van der Waals surface area contributed by atoms with Gasteiger partial charge in [0.15, 0.2) is 0 Å². The first-order chi connectivity index (χ1) is 11.8. The Kier molecular flexibility index (Phi) is 3.76. The lowest BCUT2D eigenvalue weighted by molar-refractivity contribution is 0.413. The smallest absolute Gasteiger partial charge is 0.206 e. The maximum Gasteiger partial charge on any atom is 0.206 e. The zero-order valence-corrected chi connectivity index (χ0v) is 14.1. The molecule has 0 N–H and O–H groups in total. The molecule has 0 saturated carbocycles. The van der Waals surface area contributed by atoms with Crippen molar-refractivity contribution in [3.63, 3.8) is 0 Å². The number of fused-ring (bicyclic) bond motifs is 1. The predicted octanol–water partition coefficient (Wildman–Crippen LogP) is 2.91. The largest absolute Gasteiger partial charge is 0.495 e. The van der Waals surface area contributed by atoms with Crippen molar-refractivity contribution in [1.29, 1.82) is 0 Å². The number of aryl methyl sites for hydroxylation is 1. The molecule has 0 spiro atoms. The van der Waals surface area contributed by atoms with E-state index in [1.807, 2.05) is 18.2 Å². The van der Waals surface area contributed by atoms with Crippen molar-refractivity contribution in [3.8, 4) is 5.75 Å². The fraction of sp³-hybridized carbons (Fsp3) is 0.316. The average Bonchev–Trinajstić information content (AvgIpc) is 2.99. The van der Waals surface area contributed by atoms with Gasteiger partial charge in [0, 0.05) is 33.2 Å². The van der Waals surface area contributed by atoms with Crippen molar-refractivity contribution < 1.29 is 4.74 Å². The van der Waals surface area contributed by atoms with E-state index in [0.717, 1.165) is 43.4 Å². The zero-order valence-electron chi connectivity index (χ0n) is 14.1. The summed E-state index contributed by atoms with van der Waals surface area (Å²) < 4.78 is 7.69. The number of ether oxygens (including phenoxy) is 1. The zero-order chi connectivity index (χ0) is 16.5. The molecule has 1 aliphatic heterocycles. The molecular weight excluding hydrogens is 300 g/mol. The summed E-state index contributed by atoms with van der Waals surface area (Å²) in [4.78, 5) is 9.57. The molecule has 5 heteroatoms. The van der Waals surface area contributed by atoms with Crippen LogP contribution in [0.5, 0.6) is 5.75 Å². The summed E-state index contributed by atoms with van der Waals surface area (Å²) in [6.45, 7) is 3.83. The van der Waals surface area contributed by atoms with Crippen LogP contribution < -0.4 is 14.5 Å². The van der Waals surface area contributed by atoms with E-state index in [1.165, 1.54) is 11.2 Å². The highest BCUT2D eigenvalue weighted by molar-refractivity contribution is 5.78. The molecule has 1 aromatic heterocycles. The van der Waals surface area contributed by atoms with Crippen molar-refractivity contribution >= 4 is 22.7 Å². The number of imidazole rings is 1. The van der Waals surface area contributed by atoms with E-state index >= 15 is 0 Å². The molecule has 0 radical (unpaired) electrons. The van der Waals surface area contributed by atoms with E-state index in [0.29, 0.717) is 0 Å². The molecule has 0 amide bonds. The van der Waals surface area contributed by atoms with Gasteiger partial charge in [-0.3, -0.25) is 0 Å². The van der Waals surface area contributed by atoms with E-state index in [1.54, 1.807) is 7.11 Å². The van der Waals surface area contributed by atoms with Crippen molar-refractivity contribution in [2.45, 2.75) is 0 Å². The standard InChI is InChI=1S/C19H22N4O/c1-21-16-8-4-3-7-15(16)20-19(21)23-13-11-22(12-14-23)17-9-5-6-10-18(17)24-2/h3-10H,11-14H2,1-2H3. The first-order valence-electron chi connectivity index (χ1n) is 8.32. The van der Waals surface area contributed by atoms with E-state index in [4.69, 9.17) is 9.72 Å². The van der Waals surface area contributed by atoms with Gasteiger partial charge in [-0.05, 0) is 24.3 Å². The monoisotopic (exact) mass is 322 g/mol. The molecule has 1 saturated heterocycles. The van der Waals surface area contributed by atoms with Crippen molar-refractivity contribution in [2.24, 2.45) is 7.05 Å². The van der Waals surface area contributed by atoms with Crippen molar-refractivity contribution in [1.82, 2.24) is 9.55 Å². The lowest BCUT2D eigenvalue weighted by Gasteiger charge is -2.37. The van der Waals surface area contributed by atoms with Crippen LogP contribution in [0, 0.1) is 0 Å². The number of hydrogen-bond acceptors (Lipinski definition) is 4. The lowest BCUT2D eigenvalue weighted by atomic mass is 10.2. The average molecular weight is 322 g/mol. The molecule has 1 fully saturated rings. The van der Waals surface area contributed by atoms with E-state index in [2.05, 4.69) is 51.7 Å². The fourth-order valence-electron chi connectivity index (χ4n) is 3.45. The number of para-hydroxylation sites is 4. The van der Waals surface area contributed by atoms with Gasteiger partial charge in [0.25, 0.3) is 0 Å². The summed E-state index contributed by atoms with van der Waals surface area (Å²) in [5.74, 6) is 1.99. The van der Waals surface area contributed by atoms with Gasteiger partial charge in [-0.25, -0.2) is 4.98 Å². The highest BCUT2D eigenvalue weighted by Gasteiger charge is 2.22. The summed E-state index contributed by atoms with van der Waals surface area (Å²) in [7, 11) is 3.83. The first kappa shape index (κ1) is 14.9. The third kappa shape index (κ3) is 2.46. The second-order valence-corrected chi connectivity index (χ2v) is 6.11. The van der Waals surface area contributed by atoms with Crippen LogP contribution in [0.2, 0.25) is 0 Å². The molecule has 0 atom stereocenters. The number of anilines is 2. The molecule has 124 valence electrons. The van der Waals surface area contributed by atoms with Crippen LogP contribution in [0.3, 0.4) is 0 Å². The molecule has 0 unspecified atom stereocenters. The second kappa shape index (κ2) is 6.07. The minimum atomic E-state index is 0.939. The summed E-state index contributed by atoms with van der Waals surface area (Å²) in [6.07, 6.45) is 0. The molecule has 2 aromatic carbocycles. The predicted molar refractivity (Wildman–Crippen MR) is 98.1 cm³/mol. The number of hydrogen-bond donors (Lipinski definition) is 0. The normalized spacial score (nSPS) is 15.1. The van der Waals surface area contributed by atoms with Crippen LogP contribution in [0.25, 0.3) is 11.0 Å². The minimum absolute atomic E-state index is 0.939. The number of nitrogens with zero attached hydrogens (tertiary/aromatic N) is 4. The molecule has 4 rings (SSSR count). The highest BCUT2D eigenvalue weighted by Crippen LogP contribution is 2.29. The Morgan fingerprint density at radius 1 is 0.875 bits per heavy atom. The SMILES string of the molecule is COc1ccccc1N1CCN(c2nc3ccccc3n2C)CC1. The summed E-state index contributed by atoms with van der Waals surface area (Å²) in [5.41, 5.74) is 3.41. The Morgan fingerprint density at radius 3 is 2.29 bits per heavy atom. The van der Waals surface area contributed by atoms with Crippen molar-refractivity contribution in [3.05, 3.63) is 48.5 Å². The van der Waals surface area contributed by atoms with Gasteiger partial charge in [0.1, 0.15) is 5.75 Å². The van der Waals surface area contributed by atoms with Gasteiger partial charge in [0.2, 0.25) is 5.95 Å². The summed E-state index contributed by atoms with van der Waals surface area (Å²) in [6, 6.07) is 16.5. The molecule has 24 heavy (non-hydrogen) atoms. The number of aromatic nitrogens is 2. The van der Waals surface area contributed by atoms with Crippen molar-refractivity contribution in [2.75, 3.05) is 43.1 Å². The van der Waals surface area contributed by atoms with E-state index < -0.39 is 0 Å². The van der Waals surface area contributed by atoms with E-state index in [9.17, 15) is 0 Å². The van der Waals surface area contributed by atoms with Crippen LogP contribution in [-0.4, -0.2) is 42.8 Å². The van der Waals surface area contributed by atoms with E-state index in [-0.39, 0.29) is 0 Å². The van der Waals surface area contributed by atoms with Crippen LogP contribution in [0.4, 0.5) is 11.6 Å². The van der Waals surface area contributed by atoms with Gasteiger partial charge >= 0.3 is 0 Å². The van der Waals surface area contributed by atoms with Gasteiger partial charge in [0.05, 0.1) is 23.8 Å². The molecule has 0 bridgehead atoms. The molecule has 3 aromatic rings.